The highest BCUT2D eigenvalue weighted by molar-refractivity contribution is 8.01. The number of ether oxygens (including phenoxy) is 1. The van der Waals surface area contributed by atoms with Crippen LogP contribution in [0.1, 0.15) is 85.4 Å². The van der Waals surface area contributed by atoms with Crippen molar-refractivity contribution in [1.29, 1.82) is 0 Å². The van der Waals surface area contributed by atoms with E-state index in [4.69, 9.17) is 4.74 Å². The Morgan fingerprint density at radius 1 is 1.10 bits per heavy atom. The van der Waals surface area contributed by atoms with E-state index in [9.17, 15) is 23.6 Å². The zero-order valence-corrected chi connectivity index (χ0v) is 33.6. The van der Waals surface area contributed by atoms with Crippen LogP contribution in [0.25, 0.3) is 10.4 Å². The summed E-state index contributed by atoms with van der Waals surface area (Å²) >= 11 is 3.29. The molecule has 1 aliphatic carbocycles. The van der Waals surface area contributed by atoms with Crippen molar-refractivity contribution in [2.24, 2.45) is 0 Å². The molecule has 11 nitrogen and oxygen atoms in total. The molecule has 1 aromatic carbocycles. The summed E-state index contributed by atoms with van der Waals surface area (Å²) in [5, 5.41) is 5.61. The summed E-state index contributed by atoms with van der Waals surface area (Å²) < 4.78 is 19.4. The molecule has 2 aromatic rings. The Bertz CT molecular complexity index is 1520. The third-order valence-electron chi connectivity index (χ3n) is 9.54. The first-order valence-corrected chi connectivity index (χ1v) is 20.0. The molecule has 1 saturated carbocycles. The predicted molar refractivity (Wildman–Crippen MR) is 206 cm³/mol. The highest BCUT2D eigenvalue weighted by atomic mass is 32.2. The molecule has 5 rings (SSSR count). The van der Waals surface area contributed by atoms with Gasteiger partial charge in [-0.1, -0.05) is 31.2 Å². The monoisotopic (exact) mass is 760 g/mol. The van der Waals surface area contributed by atoms with Crippen LogP contribution >= 0.6 is 23.1 Å². The van der Waals surface area contributed by atoms with Crippen LogP contribution < -0.4 is 10.6 Å². The molecule has 14 heteroatoms. The number of nitrogens with one attached hydrogen (secondary N) is 2. The van der Waals surface area contributed by atoms with E-state index in [1.807, 2.05) is 71.0 Å². The van der Waals surface area contributed by atoms with E-state index in [-0.39, 0.29) is 36.1 Å². The van der Waals surface area contributed by atoms with Gasteiger partial charge in [-0.3, -0.25) is 19.3 Å². The second-order valence-electron chi connectivity index (χ2n) is 15.7. The summed E-state index contributed by atoms with van der Waals surface area (Å²) in [6.07, 6.45) is 2.76. The summed E-state index contributed by atoms with van der Waals surface area (Å²) in [6.45, 7) is 20.4. The molecule has 0 radical (unpaired) electrons. The Morgan fingerprint density at radius 3 is 2.27 bits per heavy atom. The molecule has 4 amide bonds. The fourth-order valence-corrected chi connectivity index (χ4v) is 8.93. The molecule has 3 atom stereocenters. The first-order valence-electron chi connectivity index (χ1n) is 18.3. The van der Waals surface area contributed by atoms with Gasteiger partial charge in [0.15, 0.2) is 5.67 Å². The van der Waals surface area contributed by atoms with Crippen LogP contribution in [0, 0.1) is 6.92 Å². The fourth-order valence-electron chi connectivity index (χ4n) is 6.50. The fraction of sp³-hybridized carbons (Fsp3) is 0.658. The topological polar surface area (TPSA) is 124 Å². The number of alkyl halides is 1. The zero-order valence-electron chi connectivity index (χ0n) is 32.0. The molecule has 288 valence electrons. The minimum Gasteiger partial charge on any atom is -0.444 e. The van der Waals surface area contributed by atoms with Crippen LogP contribution in [-0.4, -0.2) is 117 Å². The lowest BCUT2D eigenvalue weighted by Crippen LogP contribution is -2.60. The highest BCUT2D eigenvalue weighted by Crippen LogP contribution is 2.41. The number of hydrogen-bond acceptors (Lipinski definition) is 9. The minimum atomic E-state index is -1.82. The number of amides is 4. The first kappa shape index (κ1) is 41.5. The molecule has 52 heavy (non-hydrogen) atoms. The van der Waals surface area contributed by atoms with Crippen molar-refractivity contribution in [3.8, 4) is 10.4 Å². The summed E-state index contributed by atoms with van der Waals surface area (Å²) in [6, 6.07) is 7.48. The van der Waals surface area contributed by atoms with Crippen LogP contribution in [0.15, 0.2) is 29.8 Å². The number of benzene rings is 1. The summed E-state index contributed by atoms with van der Waals surface area (Å²) in [4.78, 5) is 60.0. The van der Waals surface area contributed by atoms with Crippen molar-refractivity contribution < 1.29 is 28.3 Å². The number of thiazole rings is 1. The number of aryl methyl sites for hydroxylation is 1. The van der Waals surface area contributed by atoms with Crippen LogP contribution in [-0.2, 0) is 25.7 Å². The number of rotatable bonds is 12. The quantitative estimate of drug-likeness (QED) is 0.261. The van der Waals surface area contributed by atoms with E-state index < -0.39 is 28.0 Å². The average molecular weight is 761 g/mol. The van der Waals surface area contributed by atoms with E-state index in [0.29, 0.717) is 32.6 Å². The highest BCUT2D eigenvalue weighted by Gasteiger charge is 2.53. The van der Waals surface area contributed by atoms with Gasteiger partial charge in [0.2, 0.25) is 12.3 Å². The maximum Gasteiger partial charge on any atom is 0.410 e. The lowest BCUT2D eigenvalue weighted by molar-refractivity contribution is -0.139. The lowest BCUT2D eigenvalue weighted by atomic mass is 10.0. The summed E-state index contributed by atoms with van der Waals surface area (Å²) in [7, 11) is 0. The Hall–Kier alpha value is -3.23. The van der Waals surface area contributed by atoms with Gasteiger partial charge >= 0.3 is 6.09 Å². The molecule has 2 N–H and O–H groups in total. The van der Waals surface area contributed by atoms with Crippen LogP contribution in [0.3, 0.4) is 0 Å². The Morgan fingerprint density at radius 2 is 1.75 bits per heavy atom. The van der Waals surface area contributed by atoms with Gasteiger partial charge in [-0.15, -0.1) is 23.1 Å². The van der Waals surface area contributed by atoms with E-state index >= 15 is 0 Å². The van der Waals surface area contributed by atoms with E-state index in [0.717, 1.165) is 43.7 Å². The van der Waals surface area contributed by atoms with Crippen molar-refractivity contribution in [3.63, 3.8) is 0 Å². The van der Waals surface area contributed by atoms with Crippen molar-refractivity contribution in [2.75, 3.05) is 39.3 Å². The molecule has 0 spiro atoms. The third-order valence-corrected chi connectivity index (χ3v) is 11.9. The first-order chi connectivity index (χ1) is 24.4. The van der Waals surface area contributed by atoms with Gasteiger partial charge < -0.3 is 25.2 Å². The molecule has 3 aliphatic rings. The third kappa shape index (κ3) is 11.6. The number of halogens is 1. The van der Waals surface area contributed by atoms with Crippen LogP contribution in [0.2, 0.25) is 0 Å². The van der Waals surface area contributed by atoms with Gasteiger partial charge in [0.1, 0.15) is 11.6 Å². The minimum absolute atomic E-state index is 0.117. The van der Waals surface area contributed by atoms with Gasteiger partial charge in [0.05, 0.1) is 16.1 Å². The molecule has 2 saturated heterocycles. The van der Waals surface area contributed by atoms with Crippen LogP contribution in [0.5, 0.6) is 0 Å². The molecule has 3 heterocycles. The normalized spacial score (nSPS) is 19.9. The zero-order chi connectivity index (χ0) is 38.3. The smallest absolute Gasteiger partial charge is 0.410 e. The molecular formula is C38H57FN6O5S2. The van der Waals surface area contributed by atoms with Gasteiger partial charge in [-0.25, -0.2) is 14.2 Å². The van der Waals surface area contributed by atoms with Crippen molar-refractivity contribution in [1.82, 2.24) is 30.3 Å². The van der Waals surface area contributed by atoms with Crippen molar-refractivity contribution in [2.45, 2.75) is 121 Å². The van der Waals surface area contributed by atoms with E-state index in [2.05, 4.69) is 39.6 Å². The lowest BCUT2D eigenvalue weighted by Gasteiger charge is -2.40. The Labute approximate surface area is 316 Å². The number of thioether (sulfide) groups is 1. The van der Waals surface area contributed by atoms with Crippen LogP contribution in [0.4, 0.5) is 9.18 Å². The molecule has 3 fully saturated rings. The summed E-state index contributed by atoms with van der Waals surface area (Å²) in [5.74, 6) is -0.777. The Kier molecular flexibility index (Phi) is 14.2. The number of carbonyl (C=O) groups excluding carboxylic acids is 4. The Balaban J connectivity index is 0.000000313. The van der Waals surface area contributed by atoms with Gasteiger partial charge in [0.25, 0.3) is 5.91 Å². The van der Waals surface area contributed by atoms with Crippen molar-refractivity contribution in [3.05, 3.63) is 41.0 Å². The molecular weight excluding hydrogens is 704 g/mol. The maximum absolute atomic E-state index is 14.5. The van der Waals surface area contributed by atoms with Gasteiger partial charge in [-0.05, 0) is 85.3 Å². The molecule has 3 unspecified atom stereocenters. The number of piperazine rings is 1. The second kappa shape index (κ2) is 17.7. The number of nitrogens with zero attached hydrogens (tertiary/aromatic N) is 4. The number of carbonyl (C=O) groups is 4. The SMILES string of the molecule is CC(CN1CCN(C(=O)OC(C)(C)C)CC1)SC(C)(C)C(NC(=O)C1(F)CC1)C(=O)N1CCCC1C.Cc1ncsc1-c1ccc(CNC=O)cc1. The van der Waals surface area contributed by atoms with E-state index in [1.165, 1.54) is 10.4 Å². The largest absolute Gasteiger partial charge is 0.444 e. The number of aromatic nitrogens is 1. The second-order valence-corrected chi connectivity index (χ2v) is 18.6. The van der Waals surface area contributed by atoms with Gasteiger partial charge in [0, 0.05) is 61.9 Å². The predicted octanol–water partition coefficient (Wildman–Crippen LogP) is 5.80. The van der Waals surface area contributed by atoms with E-state index in [1.54, 1.807) is 28.0 Å². The number of likely N-dealkylation sites (tertiary alicyclic amines) is 1. The number of hydrogen-bond donors (Lipinski definition) is 2. The van der Waals surface area contributed by atoms with Gasteiger partial charge in [-0.2, -0.15) is 0 Å². The van der Waals surface area contributed by atoms with Crippen molar-refractivity contribution >= 4 is 47.4 Å². The standard InChI is InChI=1S/C26H45FN4O4S.C12H12N2OS/c1-18-9-8-12-31(18)21(32)20(28-22(33)26(27)10-11-26)25(6,7)36-19(2)17-29-13-15-30(16-14-29)23(34)35-24(3,4)5;1-9-12(16-8-14-9)11-4-2-10(3-5-11)6-13-7-15/h18-20H,8-17H2,1-7H3,(H,28,33);2-5,7-8H,6H2,1H3,(H,13,15). The molecule has 0 bridgehead atoms. The molecule has 1 aromatic heterocycles. The maximum atomic E-state index is 14.5. The summed E-state index contributed by atoms with van der Waals surface area (Å²) in [5.41, 5.74) is 2.85. The average Bonchev–Trinajstić information content (AvgIpc) is 3.45. The molecule has 2 aliphatic heterocycles.